The third-order valence-corrected chi connectivity index (χ3v) is 6.76. The van der Waals surface area contributed by atoms with Crippen molar-refractivity contribution in [2.75, 3.05) is 39.9 Å². The maximum Gasteiger partial charge on any atom is 0.414 e. The molecule has 9 nitrogen and oxygen atoms in total. The molecule has 0 bridgehead atoms. The minimum Gasteiger partial charge on any atom is -0.497 e. The molecule has 1 amide bonds. The van der Waals surface area contributed by atoms with Crippen molar-refractivity contribution >= 4 is 17.8 Å². The summed E-state index contributed by atoms with van der Waals surface area (Å²) in [4.78, 5) is 35.3. The van der Waals surface area contributed by atoms with Gasteiger partial charge in [0.05, 0.1) is 7.11 Å². The molecular weight excluding hydrogens is 464 g/mol. The van der Waals surface area contributed by atoms with Gasteiger partial charge in [0.2, 0.25) is 0 Å². The molecule has 1 saturated heterocycles. The van der Waals surface area contributed by atoms with Gasteiger partial charge in [-0.2, -0.15) is 0 Å². The lowest BCUT2D eigenvalue weighted by Crippen LogP contribution is -2.53. The number of benzene rings is 2. The third kappa shape index (κ3) is 7.98. The highest BCUT2D eigenvalue weighted by Gasteiger charge is 2.30. The van der Waals surface area contributed by atoms with Gasteiger partial charge in [-0.05, 0) is 61.4 Å². The SMILES string of the molecule is COc1ccc(OCC(=O)N2CCN(C3CCC(c4ccccc4)CC3)CC2)cc1.O=C(O)C(=O)O. The fourth-order valence-electron chi connectivity index (χ4n) is 4.74. The van der Waals surface area contributed by atoms with Gasteiger partial charge in [-0.3, -0.25) is 9.69 Å². The first-order valence-corrected chi connectivity index (χ1v) is 12.2. The lowest BCUT2D eigenvalue weighted by Gasteiger charge is -2.42. The summed E-state index contributed by atoms with van der Waals surface area (Å²) < 4.78 is 10.8. The lowest BCUT2D eigenvalue weighted by atomic mass is 9.81. The molecule has 0 atom stereocenters. The van der Waals surface area contributed by atoms with Crippen LogP contribution in [0.2, 0.25) is 0 Å². The molecule has 2 aromatic rings. The molecule has 0 radical (unpaired) electrons. The first-order valence-electron chi connectivity index (χ1n) is 12.2. The summed E-state index contributed by atoms with van der Waals surface area (Å²) >= 11 is 0. The van der Waals surface area contributed by atoms with Crippen LogP contribution in [0.15, 0.2) is 54.6 Å². The Kier molecular flexibility index (Phi) is 10.1. The third-order valence-electron chi connectivity index (χ3n) is 6.76. The number of nitrogens with zero attached hydrogens (tertiary/aromatic N) is 2. The highest BCUT2D eigenvalue weighted by molar-refractivity contribution is 6.27. The summed E-state index contributed by atoms with van der Waals surface area (Å²) in [6, 6.07) is 18.9. The standard InChI is InChI=1S/C25H32N2O3.C2H2O4/c1-29-23-11-13-24(14-12-23)30-19-25(28)27-17-15-26(16-18-27)22-9-7-21(8-10-22)20-5-3-2-4-6-20;3-1(4)2(5)6/h2-6,11-14,21-22H,7-10,15-19H2,1H3;(H,3,4)(H,5,6). The number of piperazine rings is 1. The number of carboxylic acids is 2. The molecule has 2 fully saturated rings. The zero-order chi connectivity index (χ0) is 25.9. The summed E-state index contributed by atoms with van der Waals surface area (Å²) in [5.74, 6) is -1.40. The number of ether oxygens (including phenoxy) is 2. The van der Waals surface area contributed by atoms with Crippen LogP contribution >= 0.6 is 0 Å². The van der Waals surface area contributed by atoms with Gasteiger partial charge >= 0.3 is 11.9 Å². The molecule has 36 heavy (non-hydrogen) atoms. The molecule has 1 saturated carbocycles. The number of hydrogen-bond donors (Lipinski definition) is 2. The first kappa shape index (κ1) is 27.0. The van der Waals surface area contributed by atoms with Crippen molar-refractivity contribution in [3.8, 4) is 11.5 Å². The molecule has 2 aliphatic rings. The van der Waals surface area contributed by atoms with E-state index in [1.165, 1.54) is 31.2 Å². The van der Waals surface area contributed by atoms with Crippen molar-refractivity contribution < 1.29 is 34.1 Å². The summed E-state index contributed by atoms with van der Waals surface area (Å²) in [6.45, 7) is 3.62. The van der Waals surface area contributed by atoms with Crippen LogP contribution in [0.4, 0.5) is 0 Å². The summed E-state index contributed by atoms with van der Waals surface area (Å²) in [5, 5.41) is 14.8. The molecule has 0 aromatic heterocycles. The number of hydrogen-bond acceptors (Lipinski definition) is 6. The van der Waals surface area contributed by atoms with Gasteiger partial charge in [0, 0.05) is 32.2 Å². The van der Waals surface area contributed by atoms with E-state index in [9.17, 15) is 4.79 Å². The van der Waals surface area contributed by atoms with Crippen molar-refractivity contribution in [3.05, 3.63) is 60.2 Å². The molecule has 1 aliphatic carbocycles. The highest BCUT2D eigenvalue weighted by atomic mass is 16.5. The van der Waals surface area contributed by atoms with E-state index >= 15 is 0 Å². The summed E-state index contributed by atoms with van der Waals surface area (Å²) in [6.07, 6.45) is 5.05. The number of carbonyl (C=O) groups excluding carboxylic acids is 1. The second-order valence-corrected chi connectivity index (χ2v) is 8.91. The van der Waals surface area contributed by atoms with E-state index in [0.29, 0.717) is 17.7 Å². The van der Waals surface area contributed by atoms with Crippen LogP contribution in [0.3, 0.4) is 0 Å². The maximum atomic E-state index is 12.5. The predicted octanol–water partition coefficient (Wildman–Crippen LogP) is 3.10. The molecule has 0 unspecified atom stereocenters. The van der Waals surface area contributed by atoms with Crippen molar-refractivity contribution in [2.45, 2.75) is 37.6 Å². The number of aliphatic carboxylic acids is 2. The molecule has 4 rings (SSSR count). The largest absolute Gasteiger partial charge is 0.497 e. The van der Waals surface area contributed by atoms with Crippen molar-refractivity contribution in [1.82, 2.24) is 9.80 Å². The molecular formula is C27H34N2O7. The quantitative estimate of drug-likeness (QED) is 0.584. The van der Waals surface area contributed by atoms with Crippen LogP contribution in [0.25, 0.3) is 0 Å². The monoisotopic (exact) mass is 498 g/mol. The lowest BCUT2D eigenvalue weighted by molar-refractivity contribution is -0.159. The van der Waals surface area contributed by atoms with Crippen molar-refractivity contribution in [3.63, 3.8) is 0 Å². The van der Waals surface area contributed by atoms with E-state index < -0.39 is 11.9 Å². The Morgan fingerprint density at radius 1 is 0.806 bits per heavy atom. The van der Waals surface area contributed by atoms with E-state index in [0.717, 1.165) is 31.9 Å². The number of methoxy groups -OCH3 is 1. The minimum atomic E-state index is -1.82. The Balaban J connectivity index is 0.000000538. The van der Waals surface area contributed by atoms with E-state index in [1.54, 1.807) is 7.11 Å². The summed E-state index contributed by atoms with van der Waals surface area (Å²) in [5.41, 5.74) is 1.49. The second-order valence-electron chi connectivity index (χ2n) is 8.91. The molecule has 0 spiro atoms. The van der Waals surface area contributed by atoms with Gasteiger partial charge in [-0.25, -0.2) is 9.59 Å². The molecule has 1 aliphatic heterocycles. The van der Waals surface area contributed by atoms with Crippen molar-refractivity contribution in [2.24, 2.45) is 0 Å². The molecule has 9 heteroatoms. The Morgan fingerprint density at radius 2 is 1.36 bits per heavy atom. The first-order chi connectivity index (χ1) is 17.4. The minimum absolute atomic E-state index is 0.0678. The number of carbonyl (C=O) groups is 3. The number of amides is 1. The Hall–Kier alpha value is -3.59. The second kappa shape index (κ2) is 13.5. The number of rotatable bonds is 6. The molecule has 2 aromatic carbocycles. The Labute approximate surface area is 211 Å². The van der Waals surface area contributed by atoms with Crippen LogP contribution in [0, 0.1) is 0 Å². The van der Waals surface area contributed by atoms with Crippen molar-refractivity contribution in [1.29, 1.82) is 0 Å². The Bertz CT molecular complexity index is 969. The molecule has 2 N–H and O–H groups in total. The maximum absolute atomic E-state index is 12.5. The van der Waals surface area contributed by atoms with Crippen LogP contribution in [-0.4, -0.2) is 83.8 Å². The number of carboxylic acid groups (broad SMARTS) is 2. The van der Waals surface area contributed by atoms with E-state index in [-0.39, 0.29) is 12.5 Å². The molecule has 194 valence electrons. The zero-order valence-corrected chi connectivity index (χ0v) is 20.5. The topological polar surface area (TPSA) is 117 Å². The highest BCUT2D eigenvalue weighted by Crippen LogP contribution is 2.34. The van der Waals surface area contributed by atoms with Gasteiger partial charge in [0.1, 0.15) is 11.5 Å². The van der Waals surface area contributed by atoms with Crippen LogP contribution in [-0.2, 0) is 14.4 Å². The fraction of sp³-hybridized carbons (Fsp3) is 0.444. The van der Waals surface area contributed by atoms with E-state index in [4.69, 9.17) is 29.3 Å². The smallest absolute Gasteiger partial charge is 0.414 e. The Morgan fingerprint density at radius 3 is 1.89 bits per heavy atom. The molecule has 1 heterocycles. The normalized spacial score (nSPS) is 20.0. The van der Waals surface area contributed by atoms with Crippen LogP contribution in [0.5, 0.6) is 11.5 Å². The summed E-state index contributed by atoms with van der Waals surface area (Å²) in [7, 11) is 1.63. The van der Waals surface area contributed by atoms with Gasteiger partial charge in [-0.1, -0.05) is 30.3 Å². The van der Waals surface area contributed by atoms with Gasteiger partial charge < -0.3 is 24.6 Å². The van der Waals surface area contributed by atoms with E-state index in [2.05, 4.69) is 35.2 Å². The van der Waals surface area contributed by atoms with Crippen LogP contribution in [0.1, 0.15) is 37.2 Å². The fourth-order valence-corrected chi connectivity index (χ4v) is 4.74. The predicted molar refractivity (Wildman–Crippen MR) is 133 cm³/mol. The van der Waals surface area contributed by atoms with Gasteiger partial charge in [0.15, 0.2) is 6.61 Å². The average Bonchev–Trinajstić information content (AvgIpc) is 2.93. The average molecular weight is 499 g/mol. The van der Waals surface area contributed by atoms with Gasteiger partial charge in [0.25, 0.3) is 5.91 Å². The van der Waals surface area contributed by atoms with Crippen LogP contribution < -0.4 is 9.47 Å². The van der Waals surface area contributed by atoms with E-state index in [1.807, 2.05) is 29.2 Å². The van der Waals surface area contributed by atoms with Gasteiger partial charge in [-0.15, -0.1) is 0 Å². The zero-order valence-electron chi connectivity index (χ0n) is 20.5.